The molecule has 0 spiro atoms. The van der Waals surface area contributed by atoms with Crippen LogP contribution in [0.4, 0.5) is 10.2 Å². The van der Waals surface area contributed by atoms with Crippen molar-refractivity contribution in [1.29, 1.82) is 0 Å². The second-order valence-corrected chi connectivity index (χ2v) is 5.63. The molecule has 0 amide bonds. The van der Waals surface area contributed by atoms with Crippen LogP contribution in [0.2, 0.25) is 0 Å². The van der Waals surface area contributed by atoms with Gasteiger partial charge < -0.3 is 10.1 Å². The van der Waals surface area contributed by atoms with E-state index in [-0.39, 0.29) is 12.4 Å². The Labute approximate surface area is 139 Å². The lowest BCUT2D eigenvalue weighted by Crippen LogP contribution is -2.25. The summed E-state index contributed by atoms with van der Waals surface area (Å²) in [6, 6.07) is 6.50. The lowest BCUT2D eigenvalue weighted by Gasteiger charge is -2.28. The predicted molar refractivity (Wildman–Crippen MR) is 89.0 cm³/mol. The third-order valence-corrected chi connectivity index (χ3v) is 4.08. The lowest BCUT2D eigenvalue weighted by molar-refractivity contribution is -0.138. The highest BCUT2D eigenvalue weighted by Gasteiger charge is 2.36. The minimum absolute atomic E-state index is 0.268. The lowest BCUT2D eigenvalue weighted by atomic mass is 9.81. The van der Waals surface area contributed by atoms with Crippen LogP contribution in [0.25, 0.3) is 0 Å². The van der Waals surface area contributed by atoms with Gasteiger partial charge in [0.25, 0.3) is 0 Å². The van der Waals surface area contributed by atoms with Crippen molar-refractivity contribution in [3.8, 4) is 0 Å². The van der Waals surface area contributed by atoms with Crippen molar-refractivity contribution in [1.82, 2.24) is 10.2 Å². The number of benzene rings is 1. The van der Waals surface area contributed by atoms with Crippen molar-refractivity contribution in [2.24, 2.45) is 0 Å². The zero-order chi connectivity index (χ0) is 17.1. The Bertz CT molecular complexity index is 782. The second-order valence-electron chi connectivity index (χ2n) is 5.63. The Morgan fingerprint density at radius 2 is 2.08 bits per heavy atom. The van der Waals surface area contributed by atoms with Crippen LogP contribution in [0.5, 0.6) is 0 Å². The monoisotopic (exact) mass is 329 g/mol. The third-order valence-electron chi connectivity index (χ3n) is 4.08. The van der Waals surface area contributed by atoms with Crippen LogP contribution in [0, 0.1) is 5.82 Å². The van der Waals surface area contributed by atoms with Gasteiger partial charge >= 0.3 is 5.97 Å². The Balaban J connectivity index is 2.20. The molecule has 5 nitrogen and oxygen atoms in total. The summed E-state index contributed by atoms with van der Waals surface area (Å²) in [6.07, 6.45) is 3.20. The average molecular weight is 329 g/mol. The van der Waals surface area contributed by atoms with Gasteiger partial charge in [-0.15, -0.1) is 0 Å². The van der Waals surface area contributed by atoms with E-state index < -0.39 is 11.9 Å². The van der Waals surface area contributed by atoms with E-state index >= 15 is 0 Å². The fraction of sp³-hybridized carbons (Fsp3) is 0.333. The van der Waals surface area contributed by atoms with E-state index in [0.29, 0.717) is 23.4 Å². The van der Waals surface area contributed by atoms with E-state index in [2.05, 4.69) is 15.5 Å². The fourth-order valence-corrected chi connectivity index (χ4v) is 3.09. The SMILES string of the molecule is CCCC1=C(C(=O)OCC)C(c2ccccc2F)c2c[nH]nc2N1. The van der Waals surface area contributed by atoms with Gasteiger partial charge in [-0.25, -0.2) is 9.18 Å². The molecule has 0 saturated carbocycles. The van der Waals surface area contributed by atoms with E-state index in [1.54, 1.807) is 31.3 Å². The molecule has 0 radical (unpaired) electrons. The number of anilines is 1. The molecule has 1 aliphatic heterocycles. The van der Waals surface area contributed by atoms with Gasteiger partial charge in [-0.05, 0) is 19.4 Å². The number of carbonyl (C=O) groups is 1. The molecule has 0 bridgehead atoms. The van der Waals surface area contributed by atoms with Gasteiger partial charge in [-0.2, -0.15) is 5.10 Å². The molecule has 2 aromatic rings. The van der Waals surface area contributed by atoms with E-state index in [1.807, 2.05) is 6.92 Å². The molecule has 1 aliphatic rings. The molecule has 24 heavy (non-hydrogen) atoms. The van der Waals surface area contributed by atoms with Crippen molar-refractivity contribution in [2.45, 2.75) is 32.6 Å². The Hall–Kier alpha value is -2.63. The van der Waals surface area contributed by atoms with Crippen molar-refractivity contribution in [3.05, 3.63) is 58.7 Å². The summed E-state index contributed by atoms with van der Waals surface area (Å²) in [5, 5.41) is 10.2. The number of H-pyrrole nitrogens is 1. The zero-order valence-corrected chi connectivity index (χ0v) is 13.7. The van der Waals surface area contributed by atoms with E-state index in [1.165, 1.54) is 6.07 Å². The molecule has 0 aliphatic carbocycles. The van der Waals surface area contributed by atoms with Crippen LogP contribution in [0.15, 0.2) is 41.7 Å². The molecule has 126 valence electrons. The number of esters is 1. The predicted octanol–water partition coefficient (Wildman–Crippen LogP) is 3.72. The fourth-order valence-electron chi connectivity index (χ4n) is 3.09. The number of aromatic amines is 1. The molecule has 3 rings (SSSR count). The first-order valence-electron chi connectivity index (χ1n) is 8.12. The first kappa shape index (κ1) is 16.2. The van der Waals surface area contributed by atoms with Gasteiger partial charge in [0, 0.05) is 23.0 Å². The first-order chi connectivity index (χ1) is 11.7. The van der Waals surface area contributed by atoms with Gasteiger partial charge in [-0.1, -0.05) is 31.5 Å². The second kappa shape index (κ2) is 6.86. The maximum atomic E-state index is 14.5. The number of nitrogens with zero attached hydrogens (tertiary/aromatic N) is 1. The maximum absolute atomic E-state index is 14.5. The van der Waals surface area contributed by atoms with Gasteiger partial charge in [0.1, 0.15) is 5.82 Å². The molecule has 1 atom stereocenters. The highest BCUT2D eigenvalue weighted by molar-refractivity contribution is 5.94. The highest BCUT2D eigenvalue weighted by atomic mass is 19.1. The van der Waals surface area contributed by atoms with Gasteiger partial charge in [0.15, 0.2) is 5.82 Å². The molecular formula is C18H20FN3O2. The van der Waals surface area contributed by atoms with Crippen LogP contribution in [-0.2, 0) is 9.53 Å². The topological polar surface area (TPSA) is 67.0 Å². The summed E-state index contributed by atoms with van der Waals surface area (Å²) >= 11 is 0. The summed E-state index contributed by atoms with van der Waals surface area (Å²) < 4.78 is 19.7. The smallest absolute Gasteiger partial charge is 0.336 e. The van der Waals surface area contributed by atoms with Crippen LogP contribution < -0.4 is 5.32 Å². The van der Waals surface area contributed by atoms with Crippen LogP contribution >= 0.6 is 0 Å². The van der Waals surface area contributed by atoms with E-state index in [0.717, 1.165) is 17.7 Å². The Morgan fingerprint density at radius 3 is 2.79 bits per heavy atom. The largest absolute Gasteiger partial charge is 0.463 e. The van der Waals surface area contributed by atoms with Crippen molar-refractivity contribution in [3.63, 3.8) is 0 Å². The summed E-state index contributed by atoms with van der Waals surface area (Å²) in [6.45, 7) is 4.05. The number of halogens is 1. The Kier molecular flexibility index (Phi) is 4.64. The number of hydrogen-bond donors (Lipinski definition) is 2. The molecule has 2 N–H and O–H groups in total. The third kappa shape index (κ3) is 2.79. The number of nitrogens with one attached hydrogen (secondary N) is 2. The quantitative estimate of drug-likeness (QED) is 0.820. The molecular weight excluding hydrogens is 309 g/mol. The Morgan fingerprint density at radius 1 is 1.29 bits per heavy atom. The number of carbonyl (C=O) groups excluding carboxylic acids is 1. The molecule has 2 heterocycles. The summed E-state index contributed by atoms with van der Waals surface area (Å²) in [5.74, 6) is -0.690. The summed E-state index contributed by atoms with van der Waals surface area (Å²) in [7, 11) is 0. The highest BCUT2D eigenvalue weighted by Crippen LogP contribution is 2.42. The maximum Gasteiger partial charge on any atom is 0.336 e. The summed E-state index contributed by atoms with van der Waals surface area (Å²) in [5.41, 5.74) is 2.38. The van der Waals surface area contributed by atoms with E-state index in [9.17, 15) is 9.18 Å². The van der Waals surface area contributed by atoms with Crippen LogP contribution in [0.1, 0.15) is 43.7 Å². The molecule has 6 heteroatoms. The number of fused-ring (bicyclic) bond motifs is 1. The van der Waals surface area contributed by atoms with Crippen LogP contribution in [-0.4, -0.2) is 22.8 Å². The summed E-state index contributed by atoms with van der Waals surface area (Å²) in [4.78, 5) is 12.6. The minimum atomic E-state index is -0.540. The van der Waals surface area contributed by atoms with Gasteiger partial charge in [0.05, 0.1) is 18.1 Å². The molecule has 0 fully saturated rings. The normalized spacial score (nSPS) is 16.5. The van der Waals surface area contributed by atoms with Crippen molar-refractivity contribution in [2.75, 3.05) is 11.9 Å². The standard InChI is InChI=1S/C18H20FN3O2/c1-3-7-14-16(18(23)24-4-2)15(11-8-5-6-9-13(11)19)12-10-20-22-17(12)21-14/h5-6,8-10,15H,3-4,7H2,1-2H3,(H2,20,21,22). The molecule has 1 aromatic heterocycles. The molecule has 1 aromatic carbocycles. The number of rotatable bonds is 5. The van der Waals surface area contributed by atoms with Crippen LogP contribution in [0.3, 0.4) is 0 Å². The number of allylic oxidation sites excluding steroid dienone is 1. The number of ether oxygens (including phenoxy) is 1. The number of hydrogen-bond acceptors (Lipinski definition) is 4. The average Bonchev–Trinajstić information content (AvgIpc) is 3.03. The van der Waals surface area contributed by atoms with E-state index in [4.69, 9.17) is 4.74 Å². The minimum Gasteiger partial charge on any atom is -0.463 e. The molecule has 1 unspecified atom stereocenters. The van der Waals surface area contributed by atoms with Gasteiger partial charge in [-0.3, -0.25) is 5.10 Å². The number of aromatic nitrogens is 2. The van der Waals surface area contributed by atoms with Crippen molar-refractivity contribution < 1.29 is 13.9 Å². The zero-order valence-electron chi connectivity index (χ0n) is 13.7. The van der Waals surface area contributed by atoms with Gasteiger partial charge in [0.2, 0.25) is 0 Å². The molecule has 0 saturated heterocycles. The van der Waals surface area contributed by atoms with Crippen molar-refractivity contribution >= 4 is 11.8 Å². The first-order valence-corrected chi connectivity index (χ1v) is 8.12.